The van der Waals surface area contributed by atoms with E-state index in [1.807, 2.05) is 0 Å². The summed E-state index contributed by atoms with van der Waals surface area (Å²) in [5.41, 5.74) is -0.279. The van der Waals surface area contributed by atoms with Gasteiger partial charge in [-0.25, -0.2) is 17.1 Å². The van der Waals surface area contributed by atoms with Gasteiger partial charge in [0.25, 0.3) is 0 Å². The number of ether oxygens (including phenoxy) is 1. The molecule has 6 nitrogen and oxygen atoms in total. The van der Waals surface area contributed by atoms with Gasteiger partial charge >= 0.3 is 5.97 Å². The summed E-state index contributed by atoms with van der Waals surface area (Å²) in [4.78, 5) is 25.0. The normalized spacial score (nSPS) is 29.3. The predicted octanol–water partition coefficient (Wildman–Crippen LogP) is 3.56. The third kappa shape index (κ3) is 4.70. The first-order chi connectivity index (χ1) is 14.7. The monoisotopic (exact) mass is 451 g/mol. The van der Waals surface area contributed by atoms with Crippen LogP contribution in [0.4, 0.5) is 4.39 Å². The Hall–Kier alpha value is -1.80. The minimum absolute atomic E-state index is 0.000135. The number of nitrogens with zero attached hydrogens (tertiary/aromatic N) is 1. The Bertz CT molecular complexity index is 908. The van der Waals surface area contributed by atoms with Crippen molar-refractivity contribution in [2.45, 2.75) is 56.3 Å². The lowest BCUT2D eigenvalue weighted by Gasteiger charge is -2.55. The fourth-order valence-corrected chi connectivity index (χ4v) is 7.39. The van der Waals surface area contributed by atoms with Crippen LogP contribution in [0.15, 0.2) is 29.2 Å². The summed E-state index contributed by atoms with van der Waals surface area (Å²) in [5, 5.41) is 0. The zero-order chi connectivity index (χ0) is 22.2. The van der Waals surface area contributed by atoms with E-state index in [0.717, 1.165) is 35.7 Å². The number of benzene rings is 1. The molecule has 4 fully saturated rings. The van der Waals surface area contributed by atoms with Crippen LogP contribution in [0.25, 0.3) is 0 Å². The largest absolute Gasteiger partial charge is 0.458 e. The van der Waals surface area contributed by atoms with Crippen molar-refractivity contribution in [1.29, 1.82) is 0 Å². The molecule has 5 rings (SSSR count). The van der Waals surface area contributed by atoms with E-state index >= 15 is 0 Å². The van der Waals surface area contributed by atoms with Gasteiger partial charge in [0, 0.05) is 25.4 Å². The minimum atomic E-state index is -3.74. The van der Waals surface area contributed by atoms with Crippen molar-refractivity contribution in [2.75, 3.05) is 20.2 Å². The number of ketones is 1. The molecule has 0 atom stereocenters. The molecule has 0 radical (unpaired) electrons. The standard InChI is InChI=1S/C23H30FNO5S/c1-25(31(28,29)20-6-4-19(24)5-7-20)8-2-3-22(27)30-15-21(26)23-12-16-9-17(13-23)11-18(10-16)14-23/h4-7,16-18H,2-3,8-15H2,1H3. The quantitative estimate of drug-likeness (QED) is 0.537. The summed E-state index contributed by atoms with van der Waals surface area (Å²) in [5.74, 6) is 1.05. The van der Waals surface area contributed by atoms with E-state index in [2.05, 4.69) is 0 Å². The maximum absolute atomic E-state index is 13.0. The Morgan fingerprint density at radius 3 is 2.16 bits per heavy atom. The summed E-state index contributed by atoms with van der Waals surface area (Å²) in [6.07, 6.45) is 6.91. The molecule has 0 aromatic heterocycles. The second-order valence-corrected chi connectivity index (χ2v) is 11.7. The molecule has 0 N–H and O–H groups in total. The molecule has 170 valence electrons. The van der Waals surface area contributed by atoms with Crippen molar-refractivity contribution in [2.24, 2.45) is 23.2 Å². The number of hydrogen-bond donors (Lipinski definition) is 0. The van der Waals surface area contributed by atoms with Gasteiger partial charge in [-0.1, -0.05) is 0 Å². The number of sulfonamides is 1. The van der Waals surface area contributed by atoms with Gasteiger partial charge in [0.1, 0.15) is 5.82 Å². The van der Waals surface area contributed by atoms with Gasteiger partial charge < -0.3 is 4.74 Å². The van der Waals surface area contributed by atoms with Crippen LogP contribution < -0.4 is 0 Å². The van der Waals surface area contributed by atoms with Gasteiger partial charge in [-0.2, -0.15) is 0 Å². The topological polar surface area (TPSA) is 80.8 Å². The molecule has 0 amide bonds. The summed E-state index contributed by atoms with van der Waals surface area (Å²) in [7, 11) is -2.33. The van der Waals surface area contributed by atoms with Crippen LogP contribution in [0.3, 0.4) is 0 Å². The maximum atomic E-state index is 13.0. The number of rotatable bonds is 9. The summed E-state index contributed by atoms with van der Waals surface area (Å²) < 4.78 is 44.4. The fraction of sp³-hybridized carbons (Fsp3) is 0.652. The number of esters is 1. The zero-order valence-electron chi connectivity index (χ0n) is 17.9. The lowest BCUT2D eigenvalue weighted by atomic mass is 9.48. The first kappa shape index (κ1) is 22.4. The molecule has 0 heterocycles. The predicted molar refractivity (Wildman–Crippen MR) is 112 cm³/mol. The molecular weight excluding hydrogens is 421 g/mol. The number of carbonyl (C=O) groups is 2. The second kappa shape index (κ2) is 8.62. The first-order valence-electron chi connectivity index (χ1n) is 11.1. The van der Waals surface area contributed by atoms with E-state index in [9.17, 15) is 22.4 Å². The van der Waals surface area contributed by atoms with E-state index in [-0.39, 0.29) is 42.1 Å². The highest BCUT2D eigenvalue weighted by Gasteiger charge is 2.54. The smallest absolute Gasteiger partial charge is 0.306 e. The number of hydrogen-bond acceptors (Lipinski definition) is 5. The Kier molecular flexibility index (Phi) is 6.23. The van der Waals surface area contributed by atoms with Gasteiger partial charge in [0.2, 0.25) is 10.0 Å². The molecule has 1 aromatic carbocycles. The molecule has 8 heteroatoms. The minimum Gasteiger partial charge on any atom is -0.458 e. The third-order valence-corrected chi connectivity index (χ3v) is 9.24. The lowest BCUT2D eigenvalue weighted by molar-refractivity contribution is -0.157. The van der Waals surface area contributed by atoms with Crippen LogP contribution in [0, 0.1) is 29.0 Å². The van der Waals surface area contributed by atoms with E-state index < -0.39 is 21.8 Å². The Labute approximate surface area is 183 Å². The Morgan fingerprint density at radius 1 is 1.06 bits per heavy atom. The molecule has 0 unspecified atom stereocenters. The molecule has 0 saturated heterocycles. The number of halogens is 1. The van der Waals surface area contributed by atoms with Gasteiger partial charge in [-0.05, 0) is 87.0 Å². The molecular formula is C23H30FNO5S. The molecule has 4 saturated carbocycles. The highest BCUT2D eigenvalue weighted by molar-refractivity contribution is 7.89. The van der Waals surface area contributed by atoms with Crippen molar-refractivity contribution < 1.29 is 27.1 Å². The molecule has 31 heavy (non-hydrogen) atoms. The van der Waals surface area contributed by atoms with Crippen molar-refractivity contribution in [3.05, 3.63) is 30.1 Å². The van der Waals surface area contributed by atoms with Gasteiger partial charge in [0.15, 0.2) is 12.4 Å². The maximum Gasteiger partial charge on any atom is 0.306 e. The van der Waals surface area contributed by atoms with Gasteiger partial charge in [-0.15, -0.1) is 0 Å². The molecule has 4 aliphatic rings. The molecule has 4 bridgehead atoms. The van der Waals surface area contributed by atoms with Crippen LogP contribution in [0.5, 0.6) is 0 Å². The summed E-state index contributed by atoms with van der Waals surface area (Å²) >= 11 is 0. The summed E-state index contributed by atoms with van der Waals surface area (Å²) in [6, 6.07) is 4.62. The molecule has 0 aliphatic heterocycles. The van der Waals surface area contributed by atoms with Gasteiger partial charge in [-0.3, -0.25) is 9.59 Å². The van der Waals surface area contributed by atoms with Crippen LogP contribution in [-0.2, 0) is 24.3 Å². The zero-order valence-corrected chi connectivity index (χ0v) is 18.7. The van der Waals surface area contributed by atoms with Crippen LogP contribution in [-0.4, -0.2) is 44.7 Å². The van der Waals surface area contributed by atoms with Gasteiger partial charge in [0.05, 0.1) is 4.90 Å². The Morgan fingerprint density at radius 2 is 1.61 bits per heavy atom. The highest BCUT2D eigenvalue weighted by atomic mass is 32.2. The van der Waals surface area contributed by atoms with Crippen molar-refractivity contribution in [3.63, 3.8) is 0 Å². The van der Waals surface area contributed by atoms with Crippen LogP contribution >= 0.6 is 0 Å². The summed E-state index contributed by atoms with van der Waals surface area (Å²) in [6.45, 7) is -0.0492. The van der Waals surface area contributed by atoms with E-state index in [1.54, 1.807) is 0 Å². The number of Topliss-reactive ketones (excluding diaryl/α,β-unsaturated/α-hetero) is 1. The molecule has 4 aliphatic carbocycles. The highest BCUT2D eigenvalue weighted by Crippen LogP contribution is 2.60. The SMILES string of the molecule is CN(CCCC(=O)OCC(=O)C12CC3CC(CC(C3)C1)C2)S(=O)(=O)c1ccc(F)cc1. The third-order valence-electron chi connectivity index (χ3n) is 7.37. The Balaban J connectivity index is 1.22. The van der Waals surface area contributed by atoms with E-state index in [4.69, 9.17) is 4.74 Å². The average molecular weight is 452 g/mol. The molecule has 1 aromatic rings. The van der Waals surface area contributed by atoms with Crippen molar-refractivity contribution >= 4 is 21.8 Å². The fourth-order valence-electron chi connectivity index (χ4n) is 6.18. The van der Waals surface area contributed by atoms with E-state index in [1.165, 1.54) is 38.4 Å². The first-order valence-corrected chi connectivity index (χ1v) is 12.5. The lowest BCUT2D eigenvalue weighted by Crippen LogP contribution is -2.51. The van der Waals surface area contributed by atoms with E-state index in [0.29, 0.717) is 17.8 Å². The van der Waals surface area contributed by atoms with Crippen LogP contribution in [0.2, 0.25) is 0 Å². The van der Waals surface area contributed by atoms with Crippen molar-refractivity contribution in [3.8, 4) is 0 Å². The molecule has 0 spiro atoms. The number of carbonyl (C=O) groups excluding carboxylic acids is 2. The second-order valence-electron chi connectivity index (χ2n) is 9.67. The van der Waals surface area contributed by atoms with Crippen molar-refractivity contribution in [1.82, 2.24) is 4.31 Å². The van der Waals surface area contributed by atoms with Crippen LogP contribution in [0.1, 0.15) is 51.4 Å². The average Bonchev–Trinajstić information content (AvgIpc) is 2.71.